The lowest BCUT2D eigenvalue weighted by molar-refractivity contribution is 0.0948. The van der Waals surface area contributed by atoms with Crippen molar-refractivity contribution in [3.8, 4) is 0 Å². The van der Waals surface area contributed by atoms with E-state index in [1.807, 2.05) is 26.8 Å². The van der Waals surface area contributed by atoms with Gasteiger partial charge >= 0.3 is 0 Å². The Morgan fingerprint density at radius 2 is 2.10 bits per heavy atom. The van der Waals surface area contributed by atoms with Gasteiger partial charge in [-0.15, -0.1) is 10.2 Å². The molecule has 3 N–H and O–H groups in total. The third-order valence-electron chi connectivity index (χ3n) is 4.59. The molecule has 160 valence electrons. The van der Waals surface area contributed by atoms with Crippen LogP contribution >= 0.6 is 0 Å². The molecule has 10 heteroatoms. The van der Waals surface area contributed by atoms with Gasteiger partial charge in [-0.2, -0.15) is 4.80 Å². The summed E-state index contributed by atoms with van der Waals surface area (Å²) in [6, 6.07) is 4.97. The zero-order valence-corrected chi connectivity index (χ0v) is 17.5. The van der Waals surface area contributed by atoms with Crippen molar-refractivity contribution in [1.29, 1.82) is 0 Å². The normalized spacial score (nSPS) is 10.9. The molecule has 1 amide bonds. The van der Waals surface area contributed by atoms with Gasteiger partial charge in [0, 0.05) is 19.5 Å². The van der Waals surface area contributed by atoms with E-state index >= 15 is 0 Å². The molecule has 0 fully saturated rings. The molecule has 0 bridgehead atoms. The second kappa shape index (κ2) is 9.95. The molecule has 3 aromatic rings. The third-order valence-corrected chi connectivity index (χ3v) is 4.59. The molecule has 0 saturated carbocycles. The van der Waals surface area contributed by atoms with Gasteiger partial charge in [0.15, 0.2) is 11.6 Å². The minimum Gasteiger partial charge on any atom is -0.368 e. The van der Waals surface area contributed by atoms with Crippen LogP contribution in [0, 0.1) is 19.7 Å². The molecule has 0 atom stereocenters. The number of carbonyl (C=O) groups is 1. The first-order chi connectivity index (χ1) is 14.5. The molecule has 2 aromatic heterocycles. The van der Waals surface area contributed by atoms with Crippen LogP contribution in [0.3, 0.4) is 0 Å². The average Bonchev–Trinajstić information content (AvgIpc) is 3.32. The number of aromatic amines is 1. The number of aromatic nitrogens is 6. The summed E-state index contributed by atoms with van der Waals surface area (Å²) in [5.74, 6) is 1.24. The smallest absolute Gasteiger partial charge is 0.271 e. The maximum atomic E-state index is 14.0. The van der Waals surface area contributed by atoms with Crippen molar-refractivity contribution in [1.82, 2.24) is 35.5 Å². The van der Waals surface area contributed by atoms with Gasteiger partial charge in [-0.3, -0.25) is 4.79 Å². The molecule has 0 saturated heterocycles. The molecule has 1 aromatic carbocycles. The summed E-state index contributed by atoms with van der Waals surface area (Å²) in [5.41, 5.74) is 1.87. The number of aryl methyl sites for hydroxylation is 3. The van der Waals surface area contributed by atoms with E-state index in [1.54, 1.807) is 6.07 Å². The van der Waals surface area contributed by atoms with Crippen LogP contribution in [0.2, 0.25) is 0 Å². The van der Waals surface area contributed by atoms with Crippen LogP contribution in [0.5, 0.6) is 0 Å². The van der Waals surface area contributed by atoms with E-state index in [2.05, 4.69) is 36.0 Å². The summed E-state index contributed by atoms with van der Waals surface area (Å²) >= 11 is 0. The number of hydrogen-bond acceptors (Lipinski definition) is 6. The number of tetrazole rings is 1. The van der Waals surface area contributed by atoms with Crippen LogP contribution in [0.4, 0.5) is 10.2 Å². The maximum absolute atomic E-state index is 14.0. The summed E-state index contributed by atoms with van der Waals surface area (Å²) in [6.45, 7) is 7.41. The summed E-state index contributed by atoms with van der Waals surface area (Å²) in [6.07, 6.45) is 1.86. The van der Waals surface area contributed by atoms with Gasteiger partial charge in [0.1, 0.15) is 17.3 Å². The lowest BCUT2D eigenvalue weighted by Gasteiger charge is -2.06. The second-order valence-electron chi connectivity index (χ2n) is 7.10. The monoisotopic (exact) mass is 414 g/mol. The van der Waals surface area contributed by atoms with E-state index in [0.717, 1.165) is 18.5 Å². The predicted molar refractivity (Wildman–Crippen MR) is 111 cm³/mol. The van der Waals surface area contributed by atoms with Crippen LogP contribution in [0.1, 0.15) is 53.0 Å². The van der Waals surface area contributed by atoms with E-state index < -0.39 is 0 Å². The zero-order chi connectivity index (χ0) is 21.5. The molecule has 9 nitrogen and oxygen atoms in total. The van der Waals surface area contributed by atoms with Gasteiger partial charge in [-0.05, 0) is 49.1 Å². The van der Waals surface area contributed by atoms with Gasteiger partial charge in [-0.25, -0.2) is 9.37 Å². The van der Waals surface area contributed by atoms with Gasteiger partial charge in [0.2, 0.25) is 0 Å². The van der Waals surface area contributed by atoms with Crippen molar-refractivity contribution >= 4 is 11.7 Å². The Morgan fingerprint density at radius 1 is 1.27 bits per heavy atom. The first-order valence-corrected chi connectivity index (χ1v) is 10.1. The van der Waals surface area contributed by atoms with Gasteiger partial charge in [0.05, 0.1) is 6.54 Å². The first-order valence-electron chi connectivity index (χ1n) is 10.1. The molecular weight excluding hydrogens is 387 g/mol. The molecule has 0 radical (unpaired) electrons. The van der Waals surface area contributed by atoms with Crippen molar-refractivity contribution in [3.63, 3.8) is 0 Å². The molecule has 2 heterocycles. The van der Waals surface area contributed by atoms with E-state index in [1.165, 1.54) is 10.9 Å². The molecule has 0 aliphatic carbocycles. The second-order valence-corrected chi connectivity index (χ2v) is 7.10. The number of imidazole rings is 1. The number of rotatable bonds is 10. The van der Waals surface area contributed by atoms with Crippen LogP contribution in [-0.4, -0.2) is 49.2 Å². The standard InChI is InChI=1S/C20H27FN8O/c1-4-9-22-19-18(24-14(3)25-19)20(30)23-10-6-11-29-27-17(26-28-29)12-15-13(2)7-5-8-16(15)21/h5,7-8,22H,4,6,9-12H2,1-3H3,(H,23,30)(H,24,25). The molecule has 0 unspecified atom stereocenters. The Balaban J connectivity index is 1.48. The third kappa shape index (κ3) is 5.40. The number of anilines is 1. The highest BCUT2D eigenvalue weighted by Crippen LogP contribution is 2.15. The number of nitrogens with one attached hydrogen (secondary N) is 3. The van der Waals surface area contributed by atoms with Crippen molar-refractivity contribution in [2.45, 2.75) is 46.6 Å². The maximum Gasteiger partial charge on any atom is 0.271 e. The highest BCUT2D eigenvalue weighted by Gasteiger charge is 2.15. The van der Waals surface area contributed by atoms with E-state index in [-0.39, 0.29) is 11.7 Å². The number of H-pyrrole nitrogens is 1. The predicted octanol–water partition coefficient (Wildman–Crippen LogP) is 2.38. The Morgan fingerprint density at radius 3 is 2.87 bits per heavy atom. The summed E-state index contributed by atoms with van der Waals surface area (Å²) in [4.78, 5) is 21.2. The molecule has 30 heavy (non-hydrogen) atoms. The molecule has 0 aliphatic heterocycles. The largest absolute Gasteiger partial charge is 0.368 e. The fraction of sp³-hybridized carbons (Fsp3) is 0.450. The number of nitrogens with zero attached hydrogens (tertiary/aromatic N) is 5. The summed E-state index contributed by atoms with van der Waals surface area (Å²) in [5, 5.41) is 18.3. The van der Waals surface area contributed by atoms with Gasteiger partial charge in [0.25, 0.3) is 5.91 Å². The van der Waals surface area contributed by atoms with E-state index in [4.69, 9.17) is 0 Å². The highest BCUT2D eigenvalue weighted by molar-refractivity contribution is 5.97. The minimum absolute atomic E-state index is 0.212. The average molecular weight is 414 g/mol. The number of amides is 1. The Hall–Kier alpha value is -3.30. The van der Waals surface area contributed by atoms with E-state index in [9.17, 15) is 9.18 Å². The Labute approximate surface area is 174 Å². The van der Waals surface area contributed by atoms with Crippen LogP contribution in [0.15, 0.2) is 18.2 Å². The fourth-order valence-electron chi connectivity index (χ4n) is 3.03. The van der Waals surface area contributed by atoms with Crippen molar-refractivity contribution in [3.05, 3.63) is 52.5 Å². The number of hydrogen-bond donors (Lipinski definition) is 3. The Bertz CT molecular complexity index is 976. The van der Waals surface area contributed by atoms with Crippen molar-refractivity contribution in [2.75, 3.05) is 18.4 Å². The van der Waals surface area contributed by atoms with Gasteiger partial charge in [-0.1, -0.05) is 19.1 Å². The zero-order valence-electron chi connectivity index (χ0n) is 17.5. The SMILES string of the molecule is CCCNc1nc(C)[nH]c1C(=O)NCCCn1nnc(Cc2c(C)cccc2F)n1. The van der Waals surface area contributed by atoms with Crippen molar-refractivity contribution < 1.29 is 9.18 Å². The molecule has 0 aliphatic rings. The molecule has 3 rings (SSSR count). The first kappa shape index (κ1) is 21.4. The van der Waals surface area contributed by atoms with E-state index in [0.29, 0.717) is 54.7 Å². The highest BCUT2D eigenvalue weighted by atomic mass is 19.1. The van der Waals surface area contributed by atoms with Crippen LogP contribution in [-0.2, 0) is 13.0 Å². The van der Waals surface area contributed by atoms with Crippen LogP contribution in [0.25, 0.3) is 0 Å². The number of carbonyl (C=O) groups excluding carboxylic acids is 1. The number of halogens is 1. The number of benzene rings is 1. The molecular formula is C20H27FN8O. The lowest BCUT2D eigenvalue weighted by atomic mass is 10.1. The van der Waals surface area contributed by atoms with Gasteiger partial charge < -0.3 is 15.6 Å². The summed E-state index contributed by atoms with van der Waals surface area (Å²) < 4.78 is 14.0. The van der Waals surface area contributed by atoms with Crippen molar-refractivity contribution in [2.24, 2.45) is 0 Å². The Kier molecular flexibility index (Phi) is 7.10. The summed E-state index contributed by atoms with van der Waals surface area (Å²) in [7, 11) is 0. The topological polar surface area (TPSA) is 113 Å². The molecule has 0 spiro atoms. The minimum atomic E-state index is -0.268. The fourth-order valence-corrected chi connectivity index (χ4v) is 3.03. The lowest BCUT2D eigenvalue weighted by Crippen LogP contribution is -2.26. The quantitative estimate of drug-likeness (QED) is 0.439. The van der Waals surface area contributed by atoms with Crippen LogP contribution < -0.4 is 10.6 Å².